The van der Waals surface area contributed by atoms with E-state index in [0.29, 0.717) is 15.7 Å². The molecule has 1 aromatic rings. The standard InChI is InChI=1S/C8H5FN2O2S/c9-11-4-10-14-7-3-5(8(12)13)1-2-6(7)11/h1-4H,(H,12,13). The van der Waals surface area contributed by atoms with Gasteiger partial charge in [-0.15, -0.1) is 0 Å². The summed E-state index contributed by atoms with van der Waals surface area (Å²) in [5, 5.41) is 9.06. The molecule has 0 spiro atoms. The number of carbonyl (C=O) groups is 1. The van der Waals surface area contributed by atoms with E-state index < -0.39 is 5.97 Å². The summed E-state index contributed by atoms with van der Waals surface area (Å²) in [6.07, 6.45) is 1.04. The molecule has 0 saturated carbocycles. The van der Waals surface area contributed by atoms with Crippen LogP contribution in [0.3, 0.4) is 0 Å². The lowest BCUT2D eigenvalue weighted by atomic mass is 10.2. The Morgan fingerprint density at radius 3 is 3.07 bits per heavy atom. The second-order valence-corrected chi connectivity index (χ2v) is 3.44. The van der Waals surface area contributed by atoms with Gasteiger partial charge in [-0.05, 0) is 18.2 Å². The number of hydrogen-bond acceptors (Lipinski definition) is 4. The molecular formula is C8H5FN2O2S. The van der Waals surface area contributed by atoms with Crippen LogP contribution in [0.25, 0.3) is 0 Å². The van der Waals surface area contributed by atoms with E-state index in [4.69, 9.17) is 5.11 Å². The first-order valence-corrected chi connectivity index (χ1v) is 4.48. The molecule has 4 nitrogen and oxygen atoms in total. The van der Waals surface area contributed by atoms with Crippen LogP contribution in [0.4, 0.5) is 10.2 Å². The summed E-state index contributed by atoms with van der Waals surface area (Å²) in [6.45, 7) is 0. The highest BCUT2D eigenvalue weighted by atomic mass is 32.2. The Balaban J connectivity index is 2.47. The monoisotopic (exact) mass is 212 g/mol. The van der Waals surface area contributed by atoms with Gasteiger partial charge in [-0.25, -0.2) is 4.79 Å². The Bertz CT molecular complexity index is 422. The van der Waals surface area contributed by atoms with Crippen molar-refractivity contribution in [3.8, 4) is 0 Å². The Kier molecular flexibility index (Phi) is 2.12. The third kappa shape index (κ3) is 1.44. The van der Waals surface area contributed by atoms with Gasteiger partial charge in [0.15, 0.2) is 0 Å². The number of halogens is 1. The molecule has 1 heterocycles. The van der Waals surface area contributed by atoms with E-state index in [1.54, 1.807) is 0 Å². The number of fused-ring (bicyclic) bond motifs is 1. The van der Waals surface area contributed by atoms with Crippen molar-refractivity contribution in [2.75, 3.05) is 5.12 Å². The molecule has 14 heavy (non-hydrogen) atoms. The van der Waals surface area contributed by atoms with Crippen molar-refractivity contribution in [1.29, 1.82) is 0 Å². The molecule has 0 saturated heterocycles. The van der Waals surface area contributed by atoms with E-state index in [1.807, 2.05) is 0 Å². The van der Waals surface area contributed by atoms with Crippen LogP contribution >= 0.6 is 11.9 Å². The zero-order valence-electron chi connectivity index (χ0n) is 6.85. The molecule has 72 valence electrons. The maximum absolute atomic E-state index is 13.0. The van der Waals surface area contributed by atoms with Crippen LogP contribution in [0.2, 0.25) is 0 Å². The summed E-state index contributed by atoms with van der Waals surface area (Å²) in [5.74, 6) is -1.03. The van der Waals surface area contributed by atoms with Crippen LogP contribution in [0.1, 0.15) is 10.4 Å². The van der Waals surface area contributed by atoms with E-state index in [-0.39, 0.29) is 5.56 Å². The zero-order chi connectivity index (χ0) is 10.1. The molecule has 0 atom stereocenters. The maximum Gasteiger partial charge on any atom is 0.335 e. The van der Waals surface area contributed by atoms with Gasteiger partial charge in [-0.3, -0.25) is 0 Å². The van der Waals surface area contributed by atoms with Crippen molar-refractivity contribution >= 4 is 29.9 Å². The molecular weight excluding hydrogens is 207 g/mol. The first-order chi connectivity index (χ1) is 6.68. The fourth-order valence-electron chi connectivity index (χ4n) is 1.08. The Labute approximate surface area is 83.1 Å². The normalized spacial score (nSPS) is 13.9. The Morgan fingerprint density at radius 1 is 1.57 bits per heavy atom. The highest BCUT2D eigenvalue weighted by Gasteiger charge is 2.16. The van der Waals surface area contributed by atoms with Gasteiger partial charge in [0.05, 0.1) is 16.1 Å². The number of anilines is 1. The average molecular weight is 212 g/mol. The second kappa shape index (κ2) is 3.30. The first kappa shape index (κ1) is 9.01. The number of carboxylic acids is 1. The van der Waals surface area contributed by atoms with Gasteiger partial charge in [0, 0.05) is 11.9 Å². The zero-order valence-corrected chi connectivity index (χ0v) is 7.66. The minimum Gasteiger partial charge on any atom is -0.478 e. The molecule has 2 rings (SSSR count). The lowest BCUT2D eigenvalue weighted by Crippen LogP contribution is -2.12. The molecule has 6 heteroatoms. The van der Waals surface area contributed by atoms with Crippen LogP contribution < -0.4 is 5.12 Å². The van der Waals surface area contributed by atoms with Crippen LogP contribution in [-0.2, 0) is 0 Å². The summed E-state index contributed by atoms with van der Waals surface area (Å²) < 4.78 is 16.7. The van der Waals surface area contributed by atoms with Gasteiger partial charge < -0.3 is 5.11 Å². The summed E-state index contributed by atoms with van der Waals surface area (Å²) in [6, 6.07) is 4.16. The molecule has 1 aliphatic rings. The lowest BCUT2D eigenvalue weighted by molar-refractivity contribution is 0.0696. The molecule has 0 aliphatic carbocycles. The minimum atomic E-state index is -1.03. The number of nitrogens with zero attached hydrogens (tertiary/aromatic N) is 2. The predicted octanol–water partition coefficient (Wildman–Crippen LogP) is 2.12. The molecule has 1 N–H and O–H groups in total. The lowest BCUT2D eigenvalue weighted by Gasteiger charge is -2.15. The van der Waals surface area contributed by atoms with E-state index in [2.05, 4.69) is 4.40 Å². The topological polar surface area (TPSA) is 52.9 Å². The van der Waals surface area contributed by atoms with Crippen LogP contribution in [0.5, 0.6) is 0 Å². The number of hydrogen-bond donors (Lipinski definition) is 1. The fraction of sp³-hybridized carbons (Fsp3) is 0. The van der Waals surface area contributed by atoms with E-state index >= 15 is 0 Å². The van der Waals surface area contributed by atoms with Gasteiger partial charge >= 0.3 is 5.97 Å². The number of benzene rings is 1. The summed E-state index contributed by atoms with van der Waals surface area (Å²) >= 11 is 1.05. The van der Waals surface area contributed by atoms with E-state index in [9.17, 15) is 9.28 Å². The van der Waals surface area contributed by atoms with Gasteiger partial charge in [-0.2, -0.15) is 9.52 Å². The van der Waals surface area contributed by atoms with Crippen LogP contribution in [0, 0.1) is 0 Å². The average Bonchev–Trinajstić information content (AvgIpc) is 2.17. The molecule has 0 bridgehead atoms. The van der Waals surface area contributed by atoms with E-state index in [0.717, 1.165) is 18.3 Å². The minimum absolute atomic E-state index is 0.127. The van der Waals surface area contributed by atoms with Crippen molar-refractivity contribution in [1.82, 2.24) is 0 Å². The Hall–Kier alpha value is -1.56. The molecule has 1 aromatic carbocycles. The maximum atomic E-state index is 13.0. The third-order valence-electron chi connectivity index (χ3n) is 1.74. The summed E-state index contributed by atoms with van der Waals surface area (Å²) in [7, 11) is 0. The molecule has 0 unspecified atom stereocenters. The van der Waals surface area contributed by atoms with E-state index in [1.165, 1.54) is 18.2 Å². The quantitative estimate of drug-likeness (QED) is 0.572. The van der Waals surface area contributed by atoms with Crippen molar-refractivity contribution < 1.29 is 14.4 Å². The van der Waals surface area contributed by atoms with Crippen molar-refractivity contribution in [3.63, 3.8) is 0 Å². The van der Waals surface area contributed by atoms with Crippen LogP contribution in [-0.4, -0.2) is 17.4 Å². The molecule has 0 amide bonds. The first-order valence-electron chi connectivity index (χ1n) is 3.71. The van der Waals surface area contributed by atoms with Crippen molar-refractivity contribution in [2.24, 2.45) is 4.40 Å². The number of aromatic carboxylic acids is 1. The molecule has 0 fully saturated rings. The van der Waals surface area contributed by atoms with Gasteiger partial charge in [0.1, 0.15) is 6.34 Å². The highest BCUT2D eigenvalue weighted by Crippen LogP contribution is 2.34. The van der Waals surface area contributed by atoms with Crippen molar-refractivity contribution in [3.05, 3.63) is 23.8 Å². The molecule has 0 radical (unpaired) electrons. The second-order valence-electron chi connectivity index (χ2n) is 2.61. The van der Waals surface area contributed by atoms with Crippen LogP contribution in [0.15, 0.2) is 27.5 Å². The van der Waals surface area contributed by atoms with Gasteiger partial charge in [0.2, 0.25) is 0 Å². The Morgan fingerprint density at radius 2 is 2.36 bits per heavy atom. The fourth-order valence-corrected chi connectivity index (χ4v) is 1.75. The molecule has 1 aliphatic heterocycles. The summed E-state index contributed by atoms with van der Waals surface area (Å²) in [4.78, 5) is 11.1. The SMILES string of the molecule is O=C(O)c1ccc2c(c1)SN=CN2F. The molecule has 0 aromatic heterocycles. The largest absolute Gasteiger partial charge is 0.478 e. The number of rotatable bonds is 1. The smallest absolute Gasteiger partial charge is 0.335 e. The number of carboxylic acid groups (broad SMARTS) is 1. The van der Waals surface area contributed by atoms with Gasteiger partial charge in [0.25, 0.3) is 0 Å². The van der Waals surface area contributed by atoms with Gasteiger partial charge in [-0.1, -0.05) is 4.48 Å². The van der Waals surface area contributed by atoms with Crippen molar-refractivity contribution in [2.45, 2.75) is 4.90 Å². The highest BCUT2D eigenvalue weighted by molar-refractivity contribution is 7.98. The third-order valence-corrected chi connectivity index (χ3v) is 2.46. The summed E-state index contributed by atoms with van der Waals surface area (Å²) in [5.41, 5.74) is 0.441. The predicted molar refractivity (Wildman–Crippen MR) is 51.3 cm³/mol.